The van der Waals surface area contributed by atoms with E-state index in [1.165, 1.54) is 19.1 Å². The number of aromatic nitrogens is 2. The van der Waals surface area contributed by atoms with Gasteiger partial charge in [0, 0.05) is 61.8 Å². The third-order valence-corrected chi connectivity index (χ3v) is 8.38. The number of sulfonamides is 1. The van der Waals surface area contributed by atoms with Crippen LogP contribution in [0.2, 0.25) is 0 Å². The maximum absolute atomic E-state index is 12.9. The van der Waals surface area contributed by atoms with E-state index in [9.17, 15) is 31.2 Å². The first-order chi connectivity index (χ1) is 20.9. The lowest BCUT2D eigenvalue weighted by Crippen LogP contribution is -2.50. The minimum Gasteiger partial charge on any atom is -0.339 e. The zero-order valence-corrected chi connectivity index (χ0v) is 24.2. The van der Waals surface area contributed by atoms with Gasteiger partial charge >= 0.3 is 6.18 Å². The molecular weight excluding hydrogens is 597 g/mol. The number of hydrogen-bond acceptors (Lipinski definition) is 7. The quantitative estimate of drug-likeness (QED) is 0.296. The van der Waals surface area contributed by atoms with Crippen LogP contribution in [0.3, 0.4) is 0 Å². The van der Waals surface area contributed by atoms with Gasteiger partial charge in [0.15, 0.2) is 0 Å². The molecule has 1 fully saturated rings. The molecule has 3 aromatic carbocycles. The van der Waals surface area contributed by atoms with E-state index in [-0.39, 0.29) is 22.4 Å². The van der Waals surface area contributed by atoms with E-state index < -0.39 is 21.8 Å². The molecule has 1 aromatic heterocycles. The second-order valence-electron chi connectivity index (χ2n) is 9.97. The maximum Gasteiger partial charge on any atom is 0.416 e. The van der Waals surface area contributed by atoms with Gasteiger partial charge in [0.1, 0.15) is 0 Å². The molecule has 228 valence electrons. The number of carbonyl (C=O) groups excluding carboxylic acids is 2. The van der Waals surface area contributed by atoms with Crippen molar-refractivity contribution in [1.29, 1.82) is 0 Å². The molecule has 14 heteroatoms. The number of nitrogens with zero attached hydrogens (tertiary/aromatic N) is 4. The van der Waals surface area contributed by atoms with Gasteiger partial charge in [0.05, 0.1) is 16.2 Å². The highest BCUT2D eigenvalue weighted by atomic mass is 32.2. The molecule has 2 N–H and O–H groups in total. The summed E-state index contributed by atoms with van der Waals surface area (Å²) in [6, 6.07) is 18.1. The molecule has 0 atom stereocenters. The van der Waals surface area contributed by atoms with Crippen LogP contribution in [0.5, 0.6) is 0 Å². The summed E-state index contributed by atoms with van der Waals surface area (Å²) >= 11 is 0. The van der Waals surface area contributed by atoms with E-state index in [0.29, 0.717) is 66.8 Å². The van der Waals surface area contributed by atoms with Crippen molar-refractivity contribution in [3.63, 3.8) is 0 Å². The van der Waals surface area contributed by atoms with Gasteiger partial charge in [-0.2, -0.15) is 13.2 Å². The molecule has 44 heavy (non-hydrogen) atoms. The fourth-order valence-electron chi connectivity index (χ4n) is 4.56. The van der Waals surface area contributed by atoms with Gasteiger partial charge in [0.2, 0.25) is 11.9 Å². The second-order valence-corrected chi connectivity index (χ2v) is 11.7. The third-order valence-electron chi connectivity index (χ3n) is 6.98. The van der Waals surface area contributed by atoms with Crippen LogP contribution in [-0.2, 0) is 21.0 Å². The van der Waals surface area contributed by atoms with Crippen molar-refractivity contribution in [3.8, 4) is 11.3 Å². The molecule has 2 heterocycles. The molecule has 1 saturated heterocycles. The average molecular weight is 625 g/mol. The molecule has 4 aromatic rings. The average Bonchev–Trinajstić information content (AvgIpc) is 3.01. The number of piperazine rings is 1. The third kappa shape index (κ3) is 7.14. The number of benzene rings is 3. The highest BCUT2D eigenvalue weighted by Gasteiger charge is 2.30. The monoisotopic (exact) mass is 624 g/mol. The Bertz CT molecular complexity index is 1760. The molecule has 0 radical (unpaired) electrons. The molecule has 0 saturated carbocycles. The minimum absolute atomic E-state index is 0.00174. The SMILES string of the molecule is CC(=O)N1CCN(C(=O)c2ccc(Nc3nccc(-c4ccc(NS(=O)(=O)c5ccc(C(F)(F)F)cc5)cc4)n3)cc2)CC1. The molecule has 1 aliphatic rings. The zero-order chi connectivity index (χ0) is 31.5. The van der Waals surface area contributed by atoms with E-state index in [0.717, 1.165) is 12.1 Å². The number of anilines is 3. The molecule has 5 rings (SSSR count). The Morgan fingerprint density at radius 1 is 0.795 bits per heavy atom. The summed E-state index contributed by atoms with van der Waals surface area (Å²) < 4.78 is 66.1. The predicted octanol–water partition coefficient (Wildman–Crippen LogP) is 5.01. The Morgan fingerprint density at radius 2 is 1.39 bits per heavy atom. The summed E-state index contributed by atoms with van der Waals surface area (Å²) in [7, 11) is -4.11. The maximum atomic E-state index is 12.9. The first-order valence-corrected chi connectivity index (χ1v) is 14.9. The second kappa shape index (κ2) is 12.3. The Kier molecular flexibility index (Phi) is 8.54. The lowest BCUT2D eigenvalue weighted by atomic mass is 10.1. The lowest BCUT2D eigenvalue weighted by molar-refractivity contribution is -0.137. The molecular formula is C30H27F3N6O4S. The van der Waals surface area contributed by atoms with Crippen molar-refractivity contribution < 1.29 is 31.2 Å². The summed E-state index contributed by atoms with van der Waals surface area (Å²) in [6.45, 7) is 3.49. The van der Waals surface area contributed by atoms with Gasteiger partial charge in [0.25, 0.3) is 15.9 Å². The zero-order valence-electron chi connectivity index (χ0n) is 23.4. The van der Waals surface area contributed by atoms with E-state index >= 15 is 0 Å². The number of rotatable bonds is 7. The summed E-state index contributed by atoms with van der Waals surface area (Å²) in [5.74, 6) is 0.190. The fraction of sp³-hybridized carbons (Fsp3) is 0.200. The van der Waals surface area contributed by atoms with Crippen molar-refractivity contribution in [2.24, 2.45) is 0 Å². The van der Waals surface area contributed by atoms with Crippen molar-refractivity contribution in [3.05, 3.63) is 96.2 Å². The Hall–Kier alpha value is -4.98. The van der Waals surface area contributed by atoms with Crippen molar-refractivity contribution >= 4 is 39.2 Å². The van der Waals surface area contributed by atoms with Crippen LogP contribution >= 0.6 is 0 Å². The highest BCUT2D eigenvalue weighted by molar-refractivity contribution is 7.92. The Labute approximate surface area is 251 Å². The van der Waals surface area contributed by atoms with Gasteiger partial charge in [-0.25, -0.2) is 18.4 Å². The minimum atomic E-state index is -4.57. The van der Waals surface area contributed by atoms with Crippen LogP contribution < -0.4 is 10.0 Å². The normalized spacial score (nSPS) is 13.8. The molecule has 2 amide bonds. The smallest absolute Gasteiger partial charge is 0.339 e. The van der Waals surface area contributed by atoms with Gasteiger partial charge in [-0.15, -0.1) is 0 Å². The first-order valence-electron chi connectivity index (χ1n) is 13.4. The van der Waals surface area contributed by atoms with Crippen molar-refractivity contribution in [1.82, 2.24) is 19.8 Å². The van der Waals surface area contributed by atoms with Crippen LogP contribution in [0, 0.1) is 0 Å². The summed E-state index contributed by atoms with van der Waals surface area (Å²) in [5, 5.41) is 3.10. The van der Waals surface area contributed by atoms with Crippen LogP contribution in [-0.4, -0.2) is 66.2 Å². The summed E-state index contributed by atoms with van der Waals surface area (Å²) in [5.41, 5.74) is 1.68. The molecule has 0 aliphatic carbocycles. The van der Waals surface area contributed by atoms with Crippen LogP contribution in [0.1, 0.15) is 22.8 Å². The van der Waals surface area contributed by atoms with Gasteiger partial charge in [-0.3, -0.25) is 14.3 Å². The number of carbonyl (C=O) groups is 2. The Balaban J connectivity index is 1.21. The fourth-order valence-corrected chi connectivity index (χ4v) is 5.62. The predicted molar refractivity (Wildman–Crippen MR) is 158 cm³/mol. The molecule has 1 aliphatic heterocycles. The summed E-state index contributed by atoms with van der Waals surface area (Å²) in [6.07, 6.45) is -3.01. The molecule has 0 bridgehead atoms. The van der Waals surface area contributed by atoms with E-state index in [1.807, 2.05) is 0 Å². The highest BCUT2D eigenvalue weighted by Crippen LogP contribution is 2.30. The van der Waals surface area contributed by atoms with Crippen LogP contribution in [0.4, 0.5) is 30.5 Å². The topological polar surface area (TPSA) is 125 Å². The first kappa shape index (κ1) is 30.5. The standard InChI is InChI=1S/C30H27F3N6O4S/c1-20(40)38-16-18-39(19-17-38)28(41)22-4-8-24(9-5-22)35-29-34-15-14-27(36-29)21-2-10-25(11-3-21)37-44(42,43)26-12-6-23(7-13-26)30(31,32)33/h2-15,37H,16-19H2,1H3,(H,34,35,36). The van der Waals surface area contributed by atoms with Crippen molar-refractivity contribution in [2.75, 3.05) is 36.2 Å². The number of amides is 2. The lowest BCUT2D eigenvalue weighted by Gasteiger charge is -2.34. The number of nitrogens with one attached hydrogen (secondary N) is 2. The molecule has 10 nitrogen and oxygen atoms in total. The molecule has 0 unspecified atom stereocenters. The van der Waals surface area contributed by atoms with Crippen LogP contribution in [0.15, 0.2) is 90.0 Å². The number of alkyl halides is 3. The van der Waals surface area contributed by atoms with Gasteiger partial charge in [-0.1, -0.05) is 12.1 Å². The molecule has 0 spiro atoms. The van der Waals surface area contributed by atoms with Crippen LogP contribution in [0.25, 0.3) is 11.3 Å². The van der Waals surface area contributed by atoms with E-state index in [1.54, 1.807) is 58.5 Å². The van der Waals surface area contributed by atoms with Gasteiger partial charge < -0.3 is 15.1 Å². The van der Waals surface area contributed by atoms with E-state index in [4.69, 9.17) is 0 Å². The largest absolute Gasteiger partial charge is 0.416 e. The number of halogens is 3. The summed E-state index contributed by atoms with van der Waals surface area (Å²) in [4.78, 5) is 36.3. The Morgan fingerprint density at radius 3 is 1.98 bits per heavy atom. The van der Waals surface area contributed by atoms with Gasteiger partial charge in [-0.05, 0) is 66.7 Å². The van der Waals surface area contributed by atoms with Crippen molar-refractivity contribution in [2.45, 2.75) is 18.0 Å². The van der Waals surface area contributed by atoms with E-state index in [2.05, 4.69) is 20.0 Å². The number of hydrogen-bond donors (Lipinski definition) is 2.